The Morgan fingerprint density at radius 2 is 2.17 bits per heavy atom. The van der Waals surface area contributed by atoms with E-state index in [4.69, 9.17) is 14.6 Å². The molecule has 0 amide bonds. The molecule has 0 saturated heterocycles. The quantitative estimate of drug-likeness (QED) is 0.763. The molecule has 0 unspecified atom stereocenters. The summed E-state index contributed by atoms with van der Waals surface area (Å²) in [6, 6.07) is 0. The summed E-state index contributed by atoms with van der Waals surface area (Å²) in [4.78, 5) is 10.6. The minimum atomic E-state index is -1.10. The van der Waals surface area contributed by atoms with Crippen LogP contribution in [0.4, 0.5) is 0 Å². The van der Waals surface area contributed by atoms with Gasteiger partial charge in [-0.05, 0) is 0 Å². The largest absolute Gasteiger partial charge is 0.485 e. The van der Waals surface area contributed by atoms with Gasteiger partial charge in [0, 0.05) is 11.5 Å². The van der Waals surface area contributed by atoms with Gasteiger partial charge in [0.25, 0.3) is 0 Å². The molecular formula is C6H7NO4S. The Labute approximate surface area is 72.7 Å². The number of carbonyl (C=O) groups is 1. The molecule has 1 aromatic heterocycles. The van der Waals surface area contributed by atoms with Crippen LogP contribution in [-0.4, -0.2) is 29.7 Å². The fourth-order valence-electron chi connectivity index (χ4n) is 0.719. The summed E-state index contributed by atoms with van der Waals surface area (Å²) in [6.07, 6.45) is 0. The van der Waals surface area contributed by atoms with E-state index in [0.717, 1.165) is 11.5 Å². The van der Waals surface area contributed by atoms with E-state index in [-0.39, 0.29) is 16.5 Å². The van der Waals surface area contributed by atoms with Crippen LogP contribution < -0.4 is 9.47 Å². The van der Waals surface area contributed by atoms with Crippen LogP contribution in [0.15, 0.2) is 0 Å². The third-order valence-corrected chi connectivity index (χ3v) is 2.02. The molecule has 0 aromatic carbocycles. The van der Waals surface area contributed by atoms with E-state index in [1.165, 1.54) is 14.2 Å². The first kappa shape index (κ1) is 8.79. The molecular weight excluding hydrogens is 182 g/mol. The second kappa shape index (κ2) is 3.40. The zero-order valence-electron chi connectivity index (χ0n) is 6.53. The van der Waals surface area contributed by atoms with Crippen LogP contribution in [-0.2, 0) is 0 Å². The molecule has 0 atom stereocenters. The Bertz CT molecular complexity index is 274. The predicted octanol–water partition coefficient (Wildman–Crippen LogP) is 0.859. The van der Waals surface area contributed by atoms with Crippen molar-refractivity contribution in [2.24, 2.45) is 0 Å². The molecule has 0 aliphatic rings. The van der Waals surface area contributed by atoms with Gasteiger partial charge in [0.15, 0.2) is 5.56 Å². The summed E-state index contributed by atoms with van der Waals surface area (Å²) in [5.74, 6) is -1.01. The number of nitrogens with zero attached hydrogens (tertiary/aromatic N) is 1. The standard InChI is InChI=1S/C6H7NO4S/c1-10-4-3(5(8)9)6(11-2)12-7-4/h1-2H3,(H,8,9). The number of hydrogen-bond donors (Lipinski definition) is 1. The number of methoxy groups -OCH3 is 2. The molecule has 5 nitrogen and oxygen atoms in total. The first-order valence-corrected chi connectivity index (χ1v) is 3.79. The number of aromatic carboxylic acids is 1. The van der Waals surface area contributed by atoms with E-state index in [1.54, 1.807) is 0 Å². The van der Waals surface area contributed by atoms with Crippen LogP contribution >= 0.6 is 11.5 Å². The number of ether oxygens (including phenoxy) is 2. The number of rotatable bonds is 3. The van der Waals surface area contributed by atoms with Gasteiger partial charge in [-0.2, -0.15) is 4.37 Å². The van der Waals surface area contributed by atoms with E-state index in [9.17, 15) is 4.79 Å². The molecule has 1 heterocycles. The van der Waals surface area contributed by atoms with E-state index >= 15 is 0 Å². The molecule has 0 bridgehead atoms. The summed E-state index contributed by atoms with van der Waals surface area (Å²) in [5, 5.41) is 8.95. The van der Waals surface area contributed by atoms with Gasteiger partial charge in [0.2, 0.25) is 10.9 Å². The maximum absolute atomic E-state index is 10.6. The molecule has 1 aromatic rings. The molecule has 1 rings (SSSR count). The molecule has 66 valence electrons. The van der Waals surface area contributed by atoms with Crippen LogP contribution in [0.25, 0.3) is 0 Å². The van der Waals surface area contributed by atoms with E-state index in [2.05, 4.69) is 4.37 Å². The Hall–Kier alpha value is -1.30. The summed E-state index contributed by atoms with van der Waals surface area (Å²) >= 11 is 0.951. The molecule has 0 fully saturated rings. The monoisotopic (exact) mass is 189 g/mol. The van der Waals surface area contributed by atoms with E-state index < -0.39 is 5.97 Å². The highest BCUT2D eigenvalue weighted by atomic mass is 32.1. The van der Waals surface area contributed by atoms with Crippen molar-refractivity contribution in [1.29, 1.82) is 0 Å². The van der Waals surface area contributed by atoms with Crippen LogP contribution in [0.3, 0.4) is 0 Å². The Morgan fingerprint density at radius 3 is 2.58 bits per heavy atom. The molecule has 1 N–H and O–H groups in total. The van der Waals surface area contributed by atoms with Crippen LogP contribution in [0.1, 0.15) is 10.4 Å². The summed E-state index contributed by atoms with van der Waals surface area (Å²) < 4.78 is 13.3. The molecule has 0 spiro atoms. The fourth-order valence-corrected chi connectivity index (χ4v) is 1.39. The van der Waals surface area contributed by atoms with Crippen LogP contribution in [0, 0.1) is 0 Å². The van der Waals surface area contributed by atoms with E-state index in [0.29, 0.717) is 0 Å². The fraction of sp³-hybridized carbons (Fsp3) is 0.333. The van der Waals surface area contributed by atoms with E-state index in [1.807, 2.05) is 0 Å². The van der Waals surface area contributed by atoms with Crippen LogP contribution in [0.5, 0.6) is 10.9 Å². The molecule has 0 aliphatic carbocycles. The summed E-state index contributed by atoms with van der Waals surface area (Å²) in [7, 11) is 2.75. The lowest BCUT2D eigenvalue weighted by molar-refractivity contribution is 0.0690. The maximum Gasteiger partial charge on any atom is 0.346 e. The van der Waals surface area contributed by atoms with Crippen LogP contribution in [0.2, 0.25) is 0 Å². The summed E-state index contributed by atoms with van der Waals surface area (Å²) in [6.45, 7) is 0. The lowest BCUT2D eigenvalue weighted by atomic mass is 10.3. The van der Waals surface area contributed by atoms with Crippen molar-refractivity contribution in [2.75, 3.05) is 14.2 Å². The van der Waals surface area contributed by atoms with Gasteiger partial charge >= 0.3 is 5.97 Å². The average molecular weight is 189 g/mol. The minimum absolute atomic E-state index is 0.0231. The third-order valence-electron chi connectivity index (χ3n) is 1.22. The zero-order chi connectivity index (χ0) is 9.14. The molecule has 0 aliphatic heterocycles. The highest BCUT2D eigenvalue weighted by Crippen LogP contribution is 2.31. The molecule has 6 heteroatoms. The highest BCUT2D eigenvalue weighted by molar-refractivity contribution is 7.08. The Morgan fingerprint density at radius 1 is 1.50 bits per heavy atom. The van der Waals surface area contributed by atoms with Gasteiger partial charge in [-0.1, -0.05) is 0 Å². The topological polar surface area (TPSA) is 68.7 Å². The first-order chi connectivity index (χ1) is 5.70. The normalized spacial score (nSPS) is 9.50. The van der Waals surface area contributed by atoms with Crippen molar-refractivity contribution in [3.05, 3.63) is 5.56 Å². The SMILES string of the molecule is COc1nsc(OC)c1C(=O)O. The van der Waals surface area contributed by atoms with Crippen molar-refractivity contribution in [3.63, 3.8) is 0 Å². The third kappa shape index (κ3) is 1.33. The summed E-state index contributed by atoms with van der Waals surface area (Å²) in [5.41, 5.74) is -0.0231. The van der Waals surface area contributed by atoms with Crippen molar-refractivity contribution in [1.82, 2.24) is 4.37 Å². The highest BCUT2D eigenvalue weighted by Gasteiger charge is 2.21. The Balaban J connectivity index is 3.16. The van der Waals surface area contributed by atoms with Crippen molar-refractivity contribution in [2.45, 2.75) is 0 Å². The molecule has 0 saturated carbocycles. The second-order valence-electron chi connectivity index (χ2n) is 1.86. The lowest BCUT2D eigenvalue weighted by Crippen LogP contribution is -2.00. The predicted molar refractivity (Wildman–Crippen MR) is 42.2 cm³/mol. The number of aromatic nitrogens is 1. The van der Waals surface area contributed by atoms with Gasteiger partial charge in [-0.3, -0.25) is 0 Å². The Kier molecular flexibility index (Phi) is 2.49. The molecule has 12 heavy (non-hydrogen) atoms. The minimum Gasteiger partial charge on any atom is -0.485 e. The average Bonchev–Trinajstić information content (AvgIpc) is 2.46. The zero-order valence-corrected chi connectivity index (χ0v) is 7.34. The van der Waals surface area contributed by atoms with Gasteiger partial charge in [-0.15, -0.1) is 0 Å². The lowest BCUT2D eigenvalue weighted by Gasteiger charge is -1.97. The number of carboxylic acids is 1. The first-order valence-electron chi connectivity index (χ1n) is 3.01. The van der Waals surface area contributed by atoms with Gasteiger partial charge in [0.05, 0.1) is 14.2 Å². The number of hydrogen-bond acceptors (Lipinski definition) is 5. The van der Waals surface area contributed by atoms with Crippen molar-refractivity contribution >= 4 is 17.5 Å². The van der Waals surface area contributed by atoms with Gasteiger partial charge in [0.1, 0.15) is 0 Å². The maximum atomic E-state index is 10.6. The molecule has 0 radical (unpaired) electrons. The number of carboxylic acid groups (broad SMARTS) is 1. The van der Waals surface area contributed by atoms with Gasteiger partial charge < -0.3 is 14.6 Å². The van der Waals surface area contributed by atoms with Gasteiger partial charge in [-0.25, -0.2) is 4.79 Å². The second-order valence-corrected chi connectivity index (χ2v) is 2.60. The smallest absolute Gasteiger partial charge is 0.346 e. The van der Waals surface area contributed by atoms with Crippen molar-refractivity contribution < 1.29 is 19.4 Å². The van der Waals surface area contributed by atoms with Crippen molar-refractivity contribution in [3.8, 4) is 10.9 Å².